The first-order chi connectivity index (χ1) is 14.3. The molecule has 158 valence electrons. The van der Waals surface area contributed by atoms with Gasteiger partial charge in [-0.05, 0) is 43.3 Å². The van der Waals surface area contributed by atoms with Crippen LogP contribution in [0.1, 0.15) is 12.0 Å². The van der Waals surface area contributed by atoms with E-state index in [4.69, 9.17) is 4.42 Å². The molecule has 0 saturated heterocycles. The Kier molecular flexibility index (Phi) is 6.91. The van der Waals surface area contributed by atoms with Gasteiger partial charge in [-0.2, -0.15) is 0 Å². The SMILES string of the molecule is Cc1ccc(SCCC(=O)Nc2nnc(-c3ccc(S(=O)(=O)N(C)C)cc3)o2)cc1. The zero-order chi connectivity index (χ0) is 21.7. The van der Waals surface area contributed by atoms with E-state index in [2.05, 4.69) is 15.5 Å². The average molecular weight is 447 g/mol. The monoisotopic (exact) mass is 446 g/mol. The van der Waals surface area contributed by atoms with Gasteiger partial charge in [0.1, 0.15) is 0 Å². The fraction of sp³-hybridized carbons (Fsp3) is 0.250. The van der Waals surface area contributed by atoms with Crippen molar-refractivity contribution in [2.75, 3.05) is 25.2 Å². The second-order valence-electron chi connectivity index (χ2n) is 6.68. The maximum atomic E-state index is 12.1. The van der Waals surface area contributed by atoms with Crippen LogP contribution in [0.3, 0.4) is 0 Å². The van der Waals surface area contributed by atoms with E-state index in [1.165, 1.54) is 31.8 Å². The molecule has 8 nitrogen and oxygen atoms in total. The highest BCUT2D eigenvalue weighted by atomic mass is 32.2. The summed E-state index contributed by atoms with van der Waals surface area (Å²) in [4.78, 5) is 13.4. The fourth-order valence-electron chi connectivity index (χ4n) is 2.45. The van der Waals surface area contributed by atoms with Crippen molar-refractivity contribution < 1.29 is 17.6 Å². The molecule has 0 atom stereocenters. The fourth-order valence-corrected chi connectivity index (χ4v) is 4.20. The standard InChI is InChI=1S/C20H22N4O4S2/c1-14-4-8-16(9-5-14)29-13-12-18(25)21-20-23-22-19(28-20)15-6-10-17(11-7-15)30(26,27)24(2)3/h4-11H,12-13H2,1-3H3,(H,21,23,25). The molecule has 0 spiro atoms. The molecule has 0 unspecified atom stereocenters. The highest BCUT2D eigenvalue weighted by Gasteiger charge is 2.18. The van der Waals surface area contributed by atoms with Crippen molar-refractivity contribution in [2.45, 2.75) is 23.1 Å². The first-order valence-corrected chi connectivity index (χ1v) is 11.5. The Hall–Kier alpha value is -2.69. The van der Waals surface area contributed by atoms with E-state index in [1.807, 2.05) is 31.2 Å². The van der Waals surface area contributed by atoms with E-state index in [1.54, 1.807) is 23.9 Å². The molecule has 2 aromatic carbocycles. The number of aromatic nitrogens is 2. The molecule has 1 N–H and O–H groups in total. The minimum Gasteiger partial charge on any atom is -0.403 e. The van der Waals surface area contributed by atoms with Crippen LogP contribution in [-0.2, 0) is 14.8 Å². The van der Waals surface area contributed by atoms with Gasteiger partial charge in [-0.15, -0.1) is 16.9 Å². The van der Waals surface area contributed by atoms with Crippen LogP contribution in [0, 0.1) is 6.92 Å². The summed E-state index contributed by atoms with van der Waals surface area (Å²) in [5.74, 6) is 0.586. The molecule has 30 heavy (non-hydrogen) atoms. The maximum Gasteiger partial charge on any atom is 0.322 e. The number of nitrogens with one attached hydrogen (secondary N) is 1. The lowest BCUT2D eigenvalue weighted by atomic mass is 10.2. The summed E-state index contributed by atoms with van der Waals surface area (Å²) in [5.41, 5.74) is 1.74. The Morgan fingerprint density at radius 1 is 1.07 bits per heavy atom. The number of anilines is 1. The second-order valence-corrected chi connectivity index (χ2v) is 10.0. The van der Waals surface area contributed by atoms with Crippen molar-refractivity contribution in [3.05, 3.63) is 54.1 Å². The third kappa shape index (κ3) is 5.47. The molecule has 0 fully saturated rings. The Bertz CT molecular complexity index is 1110. The predicted octanol–water partition coefficient (Wildman–Crippen LogP) is 3.42. The number of nitrogens with zero attached hydrogens (tertiary/aromatic N) is 3. The number of carbonyl (C=O) groups excluding carboxylic acids is 1. The number of amides is 1. The minimum absolute atomic E-state index is 0.000301. The lowest BCUT2D eigenvalue weighted by Crippen LogP contribution is -2.22. The van der Waals surface area contributed by atoms with Crippen molar-refractivity contribution in [2.24, 2.45) is 0 Å². The molecule has 3 aromatic rings. The first kappa shape index (κ1) is 22.0. The molecule has 0 aliphatic carbocycles. The highest BCUT2D eigenvalue weighted by Crippen LogP contribution is 2.23. The van der Waals surface area contributed by atoms with Gasteiger partial charge in [0.2, 0.25) is 21.8 Å². The van der Waals surface area contributed by atoms with Gasteiger partial charge < -0.3 is 4.42 Å². The summed E-state index contributed by atoms with van der Waals surface area (Å²) in [6, 6.07) is 14.2. The molecule has 0 radical (unpaired) electrons. The average Bonchev–Trinajstić information content (AvgIpc) is 3.18. The summed E-state index contributed by atoms with van der Waals surface area (Å²) in [5, 5.41) is 10.3. The Labute approximate surface area is 179 Å². The van der Waals surface area contributed by atoms with E-state index in [9.17, 15) is 13.2 Å². The molecule has 1 aromatic heterocycles. The van der Waals surface area contributed by atoms with Crippen LogP contribution in [0.15, 0.2) is 62.7 Å². The topological polar surface area (TPSA) is 105 Å². The molecule has 10 heteroatoms. The van der Waals surface area contributed by atoms with E-state index in [0.717, 1.165) is 9.20 Å². The number of thioether (sulfide) groups is 1. The van der Waals surface area contributed by atoms with Gasteiger partial charge in [-0.3, -0.25) is 10.1 Å². The molecule has 1 heterocycles. The maximum absolute atomic E-state index is 12.1. The Morgan fingerprint density at radius 2 is 1.73 bits per heavy atom. The molecule has 3 rings (SSSR count). The Morgan fingerprint density at radius 3 is 2.37 bits per heavy atom. The van der Waals surface area contributed by atoms with Crippen molar-refractivity contribution in [1.29, 1.82) is 0 Å². The van der Waals surface area contributed by atoms with Crippen LogP contribution >= 0.6 is 11.8 Å². The number of aryl methyl sites for hydroxylation is 1. The van der Waals surface area contributed by atoms with Crippen molar-refractivity contribution >= 4 is 33.7 Å². The third-order valence-electron chi connectivity index (χ3n) is 4.17. The van der Waals surface area contributed by atoms with Crippen LogP contribution in [0.2, 0.25) is 0 Å². The van der Waals surface area contributed by atoms with Crippen molar-refractivity contribution in [3.63, 3.8) is 0 Å². The quantitative estimate of drug-likeness (QED) is 0.529. The van der Waals surface area contributed by atoms with Gasteiger partial charge in [-0.1, -0.05) is 22.8 Å². The molecule has 0 aliphatic heterocycles. The summed E-state index contributed by atoms with van der Waals surface area (Å²) in [6.45, 7) is 2.03. The summed E-state index contributed by atoms with van der Waals surface area (Å²) >= 11 is 1.60. The van der Waals surface area contributed by atoms with Crippen LogP contribution in [0.5, 0.6) is 0 Å². The molecule has 1 amide bonds. The number of hydrogen-bond donors (Lipinski definition) is 1. The number of carbonyl (C=O) groups is 1. The van der Waals surface area contributed by atoms with Gasteiger partial charge >= 0.3 is 6.01 Å². The first-order valence-electron chi connectivity index (χ1n) is 9.11. The van der Waals surface area contributed by atoms with Crippen LogP contribution in [0.25, 0.3) is 11.5 Å². The highest BCUT2D eigenvalue weighted by molar-refractivity contribution is 7.99. The lowest BCUT2D eigenvalue weighted by molar-refractivity contribution is -0.115. The number of sulfonamides is 1. The summed E-state index contributed by atoms with van der Waals surface area (Å²) < 4.78 is 30.9. The van der Waals surface area contributed by atoms with Gasteiger partial charge in [-0.25, -0.2) is 12.7 Å². The number of rotatable bonds is 8. The molecular weight excluding hydrogens is 424 g/mol. The number of hydrogen-bond acceptors (Lipinski definition) is 7. The normalized spacial score (nSPS) is 11.6. The van der Waals surface area contributed by atoms with Crippen LogP contribution in [0.4, 0.5) is 6.01 Å². The molecular formula is C20H22N4O4S2. The van der Waals surface area contributed by atoms with E-state index in [0.29, 0.717) is 17.7 Å². The molecule has 0 bridgehead atoms. The second kappa shape index (κ2) is 9.41. The largest absolute Gasteiger partial charge is 0.403 e. The van der Waals surface area contributed by atoms with Crippen molar-refractivity contribution in [1.82, 2.24) is 14.5 Å². The van der Waals surface area contributed by atoms with Crippen LogP contribution in [-0.4, -0.2) is 48.7 Å². The van der Waals surface area contributed by atoms with Gasteiger partial charge in [0.25, 0.3) is 0 Å². The van der Waals surface area contributed by atoms with Gasteiger partial charge in [0, 0.05) is 36.7 Å². The Balaban J connectivity index is 1.55. The predicted molar refractivity (Wildman–Crippen MR) is 116 cm³/mol. The van der Waals surface area contributed by atoms with Gasteiger partial charge in [0.15, 0.2) is 0 Å². The minimum atomic E-state index is -3.51. The summed E-state index contributed by atoms with van der Waals surface area (Å²) in [6.07, 6.45) is 0.299. The smallest absolute Gasteiger partial charge is 0.322 e. The lowest BCUT2D eigenvalue weighted by Gasteiger charge is -2.11. The van der Waals surface area contributed by atoms with Crippen molar-refractivity contribution in [3.8, 4) is 11.5 Å². The zero-order valence-corrected chi connectivity index (χ0v) is 18.5. The van der Waals surface area contributed by atoms with E-state index in [-0.39, 0.29) is 22.7 Å². The molecule has 0 saturated carbocycles. The number of benzene rings is 2. The van der Waals surface area contributed by atoms with Gasteiger partial charge in [0.05, 0.1) is 4.90 Å². The molecule has 0 aliphatic rings. The third-order valence-corrected chi connectivity index (χ3v) is 7.01. The van der Waals surface area contributed by atoms with E-state index < -0.39 is 10.0 Å². The zero-order valence-electron chi connectivity index (χ0n) is 16.8. The van der Waals surface area contributed by atoms with Crippen LogP contribution < -0.4 is 5.32 Å². The summed E-state index contributed by atoms with van der Waals surface area (Å²) in [7, 11) is -0.575. The van der Waals surface area contributed by atoms with E-state index >= 15 is 0 Å².